The molecule has 1 atom stereocenters. The van der Waals surface area contributed by atoms with Crippen molar-refractivity contribution in [1.82, 2.24) is 15.1 Å². The summed E-state index contributed by atoms with van der Waals surface area (Å²) >= 11 is 10.4. The third kappa shape index (κ3) is 4.44. The maximum absolute atomic E-state index is 12.3. The van der Waals surface area contributed by atoms with Crippen LogP contribution in [0.25, 0.3) is 0 Å². The van der Waals surface area contributed by atoms with E-state index in [1.807, 2.05) is 10.9 Å². The Labute approximate surface area is 170 Å². The summed E-state index contributed by atoms with van der Waals surface area (Å²) in [4.78, 5) is 13.6. The number of thiophene rings is 1. The summed E-state index contributed by atoms with van der Waals surface area (Å²) in [6.45, 7) is 3.57. The normalized spacial score (nSPS) is 16.0. The van der Waals surface area contributed by atoms with Crippen LogP contribution in [0.4, 0.5) is 5.00 Å². The molecule has 0 unspecified atom stereocenters. The van der Waals surface area contributed by atoms with E-state index in [1.165, 1.54) is 12.0 Å². The van der Waals surface area contributed by atoms with Crippen LogP contribution in [0.3, 0.4) is 0 Å². The van der Waals surface area contributed by atoms with Gasteiger partial charge in [-0.25, -0.2) is 4.79 Å². The van der Waals surface area contributed by atoms with E-state index in [0.717, 1.165) is 34.3 Å². The summed E-state index contributed by atoms with van der Waals surface area (Å²) in [5.74, 6) is 0.335. The zero-order chi connectivity index (χ0) is 18.7. The molecule has 0 radical (unpaired) electrons. The fourth-order valence-electron chi connectivity index (χ4n) is 3.05. The van der Waals surface area contributed by atoms with Gasteiger partial charge in [-0.3, -0.25) is 4.68 Å². The second kappa shape index (κ2) is 8.49. The molecule has 3 rings (SSSR count). The Morgan fingerprint density at radius 3 is 3.08 bits per heavy atom. The number of anilines is 1. The SMILES string of the molecule is COC(=O)c1c(NC(=S)NCCn2cc(Br)cn2)sc2c1CC[C@@H](C)C2. The summed E-state index contributed by atoms with van der Waals surface area (Å²) < 4.78 is 7.77. The molecule has 26 heavy (non-hydrogen) atoms. The smallest absolute Gasteiger partial charge is 0.341 e. The van der Waals surface area contributed by atoms with E-state index in [2.05, 4.69) is 38.6 Å². The van der Waals surface area contributed by atoms with Gasteiger partial charge in [0.1, 0.15) is 5.00 Å². The molecule has 0 bridgehead atoms. The molecular weight excluding hydrogens is 436 g/mol. The number of hydrogen-bond donors (Lipinski definition) is 2. The third-order valence-corrected chi connectivity index (χ3v) is 6.18. The van der Waals surface area contributed by atoms with Gasteiger partial charge in [0, 0.05) is 17.6 Å². The molecule has 0 fully saturated rings. The molecule has 2 aromatic rings. The second-order valence-electron chi connectivity index (χ2n) is 6.35. The Morgan fingerprint density at radius 1 is 1.58 bits per heavy atom. The number of hydrogen-bond acceptors (Lipinski definition) is 5. The first-order valence-corrected chi connectivity index (χ1v) is 10.5. The quantitative estimate of drug-likeness (QED) is 0.528. The number of halogens is 1. The van der Waals surface area contributed by atoms with E-state index < -0.39 is 0 Å². The lowest BCUT2D eigenvalue weighted by atomic mass is 9.88. The summed E-state index contributed by atoms with van der Waals surface area (Å²) in [6, 6.07) is 0. The minimum atomic E-state index is -0.302. The van der Waals surface area contributed by atoms with Gasteiger partial charge in [0.15, 0.2) is 5.11 Å². The number of rotatable bonds is 5. The number of carbonyl (C=O) groups is 1. The number of ether oxygens (including phenoxy) is 1. The maximum atomic E-state index is 12.3. The highest BCUT2D eigenvalue weighted by Gasteiger charge is 2.28. The van der Waals surface area contributed by atoms with Gasteiger partial charge in [0.05, 0.1) is 29.9 Å². The minimum absolute atomic E-state index is 0.302. The molecule has 140 valence electrons. The van der Waals surface area contributed by atoms with Crippen LogP contribution in [0.15, 0.2) is 16.9 Å². The number of methoxy groups -OCH3 is 1. The van der Waals surface area contributed by atoms with Crippen molar-refractivity contribution >= 4 is 55.6 Å². The lowest BCUT2D eigenvalue weighted by Crippen LogP contribution is -2.31. The molecule has 2 heterocycles. The monoisotopic (exact) mass is 456 g/mol. The molecule has 6 nitrogen and oxygen atoms in total. The van der Waals surface area contributed by atoms with Crippen LogP contribution in [-0.4, -0.2) is 34.5 Å². The zero-order valence-corrected chi connectivity index (χ0v) is 17.9. The van der Waals surface area contributed by atoms with Crippen LogP contribution in [0.1, 0.15) is 34.1 Å². The third-order valence-electron chi connectivity index (χ3n) is 4.36. The summed E-state index contributed by atoms with van der Waals surface area (Å²) in [5, 5.41) is 11.8. The molecule has 1 aliphatic carbocycles. The van der Waals surface area contributed by atoms with Gasteiger partial charge in [0.2, 0.25) is 0 Å². The molecule has 0 saturated carbocycles. The van der Waals surface area contributed by atoms with Crippen molar-refractivity contribution in [3.8, 4) is 0 Å². The van der Waals surface area contributed by atoms with Crippen LogP contribution < -0.4 is 10.6 Å². The summed E-state index contributed by atoms with van der Waals surface area (Å²) in [6.07, 6.45) is 6.65. The van der Waals surface area contributed by atoms with Crippen LogP contribution in [-0.2, 0) is 24.1 Å². The Hall–Kier alpha value is -1.45. The van der Waals surface area contributed by atoms with Crippen LogP contribution >= 0.6 is 39.5 Å². The van der Waals surface area contributed by atoms with E-state index >= 15 is 0 Å². The summed E-state index contributed by atoms with van der Waals surface area (Å²) in [7, 11) is 1.42. The van der Waals surface area contributed by atoms with E-state index in [4.69, 9.17) is 17.0 Å². The van der Waals surface area contributed by atoms with Crippen LogP contribution in [0, 0.1) is 5.92 Å². The van der Waals surface area contributed by atoms with Gasteiger partial charge < -0.3 is 15.4 Å². The van der Waals surface area contributed by atoms with Crippen molar-refractivity contribution in [3.05, 3.63) is 32.9 Å². The highest BCUT2D eigenvalue weighted by Crippen LogP contribution is 2.39. The van der Waals surface area contributed by atoms with Crippen molar-refractivity contribution in [2.24, 2.45) is 5.92 Å². The largest absolute Gasteiger partial charge is 0.465 e. The Morgan fingerprint density at radius 2 is 2.38 bits per heavy atom. The number of nitrogens with zero attached hydrogens (tertiary/aromatic N) is 2. The molecule has 0 saturated heterocycles. The topological polar surface area (TPSA) is 68.2 Å². The fraction of sp³-hybridized carbons (Fsp3) is 0.471. The van der Waals surface area contributed by atoms with Crippen LogP contribution in [0.2, 0.25) is 0 Å². The molecule has 9 heteroatoms. The van der Waals surface area contributed by atoms with Crippen molar-refractivity contribution in [2.45, 2.75) is 32.7 Å². The zero-order valence-electron chi connectivity index (χ0n) is 14.7. The molecule has 2 N–H and O–H groups in total. The molecule has 2 aromatic heterocycles. The highest BCUT2D eigenvalue weighted by molar-refractivity contribution is 9.10. The van der Waals surface area contributed by atoms with Gasteiger partial charge in [0.25, 0.3) is 0 Å². The number of thiocarbonyl (C=S) groups is 1. The average Bonchev–Trinajstić information content (AvgIpc) is 3.16. The number of nitrogens with one attached hydrogen (secondary N) is 2. The molecule has 0 spiro atoms. The predicted molar refractivity (Wildman–Crippen MR) is 111 cm³/mol. The Balaban J connectivity index is 1.66. The first kappa shape index (κ1) is 19.3. The van der Waals surface area contributed by atoms with Crippen molar-refractivity contribution in [3.63, 3.8) is 0 Å². The van der Waals surface area contributed by atoms with Crippen LogP contribution in [0.5, 0.6) is 0 Å². The Bertz CT molecular complexity index is 818. The van der Waals surface area contributed by atoms with Gasteiger partial charge in [-0.15, -0.1) is 11.3 Å². The van der Waals surface area contributed by atoms with Gasteiger partial charge in [-0.2, -0.15) is 5.10 Å². The standard InChI is InChI=1S/C17H21BrN4O2S2/c1-10-3-4-12-13(7-10)26-15(14(12)16(23)24-2)21-17(25)19-5-6-22-9-11(18)8-20-22/h8-10H,3-7H2,1-2H3,(H2,19,21,25)/t10-/m1/s1. The summed E-state index contributed by atoms with van der Waals surface area (Å²) in [5.41, 5.74) is 1.76. The average molecular weight is 457 g/mol. The predicted octanol–water partition coefficient (Wildman–Crippen LogP) is 3.61. The number of esters is 1. The fourth-order valence-corrected chi connectivity index (χ4v) is 5.05. The number of aromatic nitrogens is 2. The highest BCUT2D eigenvalue weighted by atomic mass is 79.9. The number of carbonyl (C=O) groups excluding carboxylic acids is 1. The first-order valence-electron chi connectivity index (χ1n) is 8.43. The van der Waals surface area contributed by atoms with Crippen molar-refractivity contribution in [2.75, 3.05) is 19.0 Å². The van der Waals surface area contributed by atoms with Crippen molar-refractivity contribution < 1.29 is 9.53 Å². The molecular formula is C17H21BrN4O2S2. The van der Waals surface area contributed by atoms with Gasteiger partial charge >= 0.3 is 5.97 Å². The second-order valence-corrected chi connectivity index (χ2v) is 8.78. The maximum Gasteiger partial charge on any atom is 0.341 e. The van der Waals surface area contributed by atoms with Gasteiger partial charge in [-0.05, 0) is 58.9 Å². The molecule has 0 aliphatic heterocycles. The van der Waals surface area contributed by atoms with E-state index in [9.17, 15) is 4.79 Å². The molecule has 1 aliphatic rings. The molecule has 0 aromatic carbocycles. The molecule has 0 amide bonds. The number of fused-ring (bicyclic) bond motifs is 1. The lowest BCUT2D eigenvalue weighted by Gasteiger charge is -2.18. The van der Waals surface area contributed by atoms with Crippen molar-refractivity contribution in [1.29, 1.82) is 0 Å². The lowest BCUT2D eigenvalue weighted by molar-refractivity contribution is 0.0601. The van der Waals surface area contributed by atoms with E-state index in [0.29, 0.717) is 29.7 Å². The Kier molecular flexibility index (Phi) is 6.31. The van der Waals surface area contributed by atoms with Gasteiger partial charge in [-0.1, -0.05) is 6.92 Å². The van der Waals surface area contributed by atoms with E-state index in [-0.39, 0.29) is 5.97 Å². The van der Waals surface area contributed by atoms with E-state index in [1.54, 1.807) is 17.5 Å². The first-order chi connectivity index (χ1) is 12.5. The minimum Gasteiger partial charge on any atom is -0.465 e.